The van der Waals surface area contributed by atoms with Crippen LogP contribution >= 0.6 is 27.7 Å². The molecule has 0 N–H and O–H groups in total. The molecule has 88 valence electrons. The van der Waals surface area contributed by atoms with Gasteiger partial charge < -0.3 is 9.32 Å². The van der Waals surface area contributed by atoms with E-state index in [-0.39, 0.29) is 11.9 Å². The first kappa shape index (κ1) is 12.0. The Morgan fingerprint density at radius 2 is 2.31 bits per heavy atom. The van der Waals surface area contributed by atoms with E-state index in [4.69, 9.17) is 4.42 Å². The zero-order valence-electron chi connectivity index (χ0n) is 9.27. The van der Waals surface area contributed by atoms with Gasteiger partial charge in [0.1, 0.15) is 0 Å². The van der Waals surface area contributed by atoms with Crippen LogP contribution in [-0.2, 0) is 0 Å². The summed E-state index contributed by atoms with van der Waals surface area (Å²) in [5, 5.41) is 0.483. The van der Waals surface area contributed by atoms with Gasteiger partial charge in [-0.05, 0) is 35.0 Å². The number of carbonyl (C=O) groups is 1. The fraction of sp³-hybridized carbons (Fsp3) is 0.545. The molecule has 5 heteroatoms. The van der Waals surface area contributed by atoms with Crippen molar-refractivity contribution in [2.45, 2.75) is 25.1 Å². The molecular formula is C11H14BrNO2S. The maximum Gasteiger partial charge on any atom is 0.289 e. The van der Waals surface area contributed by atoms with E-state index >= 15 is 0 Å². The molecule has 0 spiro atoms. The molecule has 1 amide bonds. The van der Waals surface area contributed by atoms with E-state index in [1.54, 1.807) is 12.1 Å². The van der Waals surface area contributed by atoms with E-state index in [2.05, 4.69) is 29.8 Å². The SMILES string of the molecule is CC1SCCN(C(=O)c2ccc(Br)o2)C1C. The van der Waals surface area contributed by atoms with Gasteiger partial charge in [-0.25, -0.2) is 0 Å². The monoisotopic (exact) mass is 303 g/mol. The lowest BCUT2D eigenvalue weighted by Gasteiger charge is -2.36. The van der Waals surface area contributed by atoms with Crippen LogP contribution in [0.4, 0.5) is 0 Å². The number of furan rings is 1. The zero-order chi connectivity index (χ0) is 11.7. The molecule has 1 aliphatic heterocycles. The third-order valence-corrected chi connectivity index (χ3v) is 4.69. The van der Waals surface area contributed by atoms with Gasteiger partial charge in [-0.1, -0.05) is 6.92 Å². The summed E-state index contributed by atoms with van der Waals surface area (Å²) in [4.78, 5) is 14.1. The van der Waals surface area contributed by atoms with E-state index in [1.807, 2.05) is 16.7 Å². The van der Waals surface area contributed by atoms with Gasteiger partial charge in [-0.3, -0.25) is 4.79 Å². The Morgan fingerprint density at radius 3 is 2.94 bits per heavy atom. The van der Waals surface area contributed by atoms with Crippen molar-refractivity contribution in [1.82, 2.24) is 4.90 Å². The third kappa shape index (κ3) is 2.30. The topological polar surface area (TPSA) is 33.5 Å². The Labute approximate surface area is 108 Å². The molecule has 1 aliphatic rings. The highest BCUT2D eigenvalue weighted by molar-refractivity contribution is 9.10. The van der Waals surface area contributed by atoms with Crippen molar-refractivity contribution >= 4 is 33.6 Å². The molecule has 1 aromatic heterocycles. The highest BCUT2D eigenvalue weighted by Crippen LogP contribution is 2.26. The number of hydrogen-bond acceptors (Lipinski definition) is 3. The molecule has 2 atom stereocenters. The maximum absolute atomic E-state index is 12.2. The maximum atomic E-state index is 12.2. The van der Waals surface area contributed by atoms with Gasteiger partial charge in [0, 0.05) is 23.6 Å². The van der Waals surface area contributed by atoms with Crippen LogP contribution < -0.4 is 0 Å². The van der Waals surface area contributed by atoms with Crippen LogP contribution in [0.5, 0.6) is 0 Å². The molecular weight excluding hydrogens is 290 g/mol. The summed E-state index contributed by atoms with van der Waals surface area (Å²) in [7, 11) is 0. The standard InChI is InChI=1S/C11H14BrNO2S/c1-7-8(2)16-6-5-13(7)11(14)9-3-4-10(12)15-9/h3-4,7-8H,5-6H2,1-2H3. The van der Waals surface area contributed by atoms with Crippen molar-refractivity contribution < 1.29 is 9.21 Å². The van der Waals surface area contributed by atoms with E-state index in [9.17, 15) is 4.79 Å². The molecule has 2 rings (SSSR count). The number of rotatable bonds is 1. The summed E-state index contributed by atoms with van der Waals surface area (Å²) in [6.07, 6.45) is 0. The predicted molar refractivity (Wildman–Crippen MR) is 68.8 cm³/mol. The van der Waals surface area contributed by atoms with Crippen molar-refractivity contribution in [2.24, 2.45) is 0 Å². The van der Waals surface area contributed by atoms with E-state index in [1.165, 1.54) is 0 Å². The summed E-state index contributed by atoms with van der Waals surface area (Å²) in [5.41, 5.74) is 0. The summed E-state index contributed by atoms with van der Waals surface area (Å²) in [5.74, 6) is 1.40. The highest BCUT2D eigenvalue weighted by Gasteiger charge is 2.30. The van der Waals surface area contributed by atoms with Gasteiger partial charge in [-0.15, -0.1) is 0 Å². The van der Waals surface area contributed by atoms with E-state index < -0.39 is 0 Å². The highest BCUT2D eigenvalue weighted by atomic mass is 79.9. The molecule has 2 heterocycles. The lowest BCUT2D eigenvalue weighted by Crippen LogP contribution is -2.47. The number of halogens is 1. The largest absolute Gasteiger partial charge is 0.444 e. The van der Waals surface area contributed by atoms with E-state index in [0.717, 1.165) is 12.3 Å². The molecule has 0 bridgehead atoms. The number of nitrogens with zero attached hydrogens (tertiary/aromatic N) is 1. The van der Waals surface area contributed by atoms with Crippen molar-refractivity contribution in [3.8, 4) is 0 Å². The van der Waals surface area contributed by atoms with Crippen LogP contribution in [0.3, 0.4) is 0 Å². The second-order valence-corrected chi connectivity index (χ2v) is 6.19. The predicted octanol–water partition coefficient (Wildman–Crippen LogP) is 3.01. The lowest BCUT2D eigenvalue weighted by molar-refractivity contribution is 0.0664. The van der Waals surface area contributed by atoms with E-state index in [0.29, 0.717) is 15.7 Å². The molecule has 16 heavy (non-hydrogen) atoms. The minimum Gasteiger partial charge on any atom is -0.444 e. The zero-order valence-corrected chi connectivity index (χ0v) is 11.7. The molecule has 0 aliphatic carbocycles. The molecule has 3 nitrogen and oxygen atoms in total. The van der Waals surface area contributed by atoms with Crippen LogP contribution in [-0.4, -0.2) is 34.4 Å². The Bertz CT molecular complexity index is 393. The molecule has 0 radical (unpaired) electrons. The van der Waals surface area contributed by atoms with Gasteiger partial charge in [0.2, 0.25) is 0 Å². The Morgan fingerprint density at radius 1 is 1.56 bits per heavy atom. The molecule has 0 aromatic carbocycles. The molecule has 1 saturated heterocycles. The van der Waals surface area contributed by atoms with Crippen molar-refractivity contribution in [1.29, 1.82) is 0 Å². The quantitative estimate of drug-likeness (QED) is 0.799. The number of carbonyl (C=O) groups excluding carboxylic acids is 1. The number of hydrogen-bond donors (Lipinski definition) is 0. The fourth-order valence-electron chi connectivity index (χ4n) is 1.79. The summed E-state index contributed by atoms with van der Waals surface area (Å²) >= 11 is 5.12. The van der Waals surface area contributed by atoms with Gasteiger partial charge in [0.25, 0.3) is 5.91 Å². The Kier molecular flexibility index (Phi) is 3.64. The summed E-state index contributed by atoms with van der Waals surface area (Å²) in [6.45, 7) is 5.05. The average molecular weight is 304 g/mol. The minimum atomic E-state index is -0.00894. The van der Waals surface area contributed by atoms with Crippen LogP contribution in [0.2, 0.25) is 0 Å². The first-order chi connectivity index (χ1) is 7.59. The second-order valence-electron chi connectivity index (χ2n) is 3.92. The van der Waals surface area contributed by atoms with Crippen LogP contribution in [0, 0.1) is 0 Å². The van der Waals surface area contributed by atoms with Gasteiger partial charge >= 0.3 is 0 Å². The Hall–Kier alpha value is -0.420. The lowest BCUT2D eigenvalue weighted by atomic mass is 10.2. The van der Waals surface area contributed by atoms with Crippen molar-refractivity contribution in [3.63, 3.8) is 0 Å². The molecule has 1 aromatic rings. The number of thioether (sulfide) groups is 1. The second kappa shape index (κ2) is 4.84. The van der Waals surface area contributed by atoms with Crippen molar-refractivity contribution in [2.75, 3.05) is 12.3 Å². The summed E-state index contributed by atoms with van der Waals surface area (Å²) in [6, 6.07) is 3.72. The number of amides is 1. The normalized spacial score (nSPS) is 25.8. The Balaban J connectivity index is 2.15. The van der Waals surface area contributed by atoms with Crippen LogP contribution in [0.15, 0.2) is 21.2 Å². The fourth-order valence-corrected chi connectivity index (χ4v) is 3.20. The van der Waals surface area contributed by atoms with Crippen molar-refractivity contribution in [3.05, 3.63) is 22.6 Å². The van der Waals surface area contributed by atoms with Crippen LogP contribution in [0.1, 0.15) is 24.4 Å². The molecule has 2 unspecified atom stereocenters. The van der Waals surface area contributed by atoms with Gasteiger partial charge in [0.05, 0.1) is 0 Å². The van der Waals surface area contributed by atoms with Gasteiger partial charge in [-0.2, -0.15) is 11.8 Å². The smallest absolute Gasteiger partial charge is 0.289 e. The summed E-state index contributed by atoms with van der Waals surface area (Å²) < 4.78 is 5.90. The van der Waals surface area contributed by atoms with Crippen LogP contribution in [0.25, 0.3) is 0 Å². The molecule has 1 fully saturated rings. The molecule has 0 saturated carbocycles. The minimum absolute atomic E-state index is 0.00894. The third-order valence-electron chi connectivity index (χ3n) is 2.93. The first-order valence-corrected chi connectivity index (χ1v) is 7.11. The van der Waals surface area contributed by atoms with Gasteiger partial charge in [0.15, 0.2) is 10.4 Å². The average Bonchev–Trinajstić information content (AvgIpc) is 2.68. The first-order valence-electron chi connectivity index (χ1n) is 5.27.